The molecule has 0 saturated carbocycles. The molecule has 0 fully saturated rings. The van der Waals surface area contributed by atoms with E-state index in [9.17, 15) is 8.76 Å². The first kappa shape index (κ1) is 10.0. The molecule has 0 amide bonds. The van der Waals surface area contributed by atoms with Gasteiger partial charge in [-0.2, -0.15) is 0 Å². The number of rotatable bonds is 4. The SMILES string of the molecule is CN(C)C[C@@H](N)CS(=O)[O-]. The molecule has 2 N–H and O–H groups in total. The Balaban J connectivity index is 3.43. The third-order valence-electron chi connectivity index (χ3n) is 0.950. The van der Waals surface area contributed by atoms with Gasteiger partial charge in [-0.25, -0.2) is 0 Å². The van der Waals surface area contributed by atoms with Crippen molar-refractivity contribution in [3.8, 4) is 0 Å². The molecule has 0 aromatic heterocycles. The highest BCUT2D eigenvalue weighted by Crippen LogP contribution is 1.84. The lowest BCUT2D eigenvalue weighted by Gasteiger charge is -2.17. The molecule has 0 radical (unpaired) electrons. The number of nitrogens with zero attached hydrogens (tertiary/aromatic N) is 1. The van der Waals surface area contributed by atoms with Gasteiger partial charge < -0.3 is 15.2 Å². The van der Waals surface area contributed by atoms with E-state index in [4.69, 9.17) is 5.73 Å². The minimum Gasteiger partial charge on any atom is -0.772 e. The fraction of sp³-hybridized carbons (Fsp3) is 1.00. The summed E-state index contributed by atoms with van der Waals surface area (Å²) >= 11 is -2.01. The summed E-state index contributed by atoms with van der Waals surface area (Å²) in [7, 11) is 3.71. The van der Waals surface area contributed by atoms with Gasteiger partial charge in [0.15, 0.2) is 0 Å². The molecule has 2 atom stereocenters. The third-order valence-corrected chi connectivity index (χ3v) is 1.65. The maximum atomic E-state index is 10.1. The summed E-state index contributed by atoms with van der Waals surface area (Å²) in [5.74, 6) is 0.0399. The second-order valence-electron chi connectivity index (χ2n) is 2.49. The van der Waals surface area contributed by atoms with E-state index in [0.717, 1.165) is 0 Å². The molecule has 0 heterocycles. The van der Waals surface area contributed by atoms with Gasteiger partial charge in [0, 0.05) is 18.3 Å². The Kier molecular flexibility index (Phi) is 4.80. The Bertz CT molecular complexity index is 118. The molecule has 10 heavy (non-hydrogen) atoms. The van der Waals surface area contributed by atoms with Gasteiger partial charge >= 0.3 is 0 Å². The van der Waals surface area contributed by atoms with Crippen LogP contribution in [0.25, 0.3) is 0 Å². The Hall–Kier alpha value is 0.0300. The van der Waals surface area contributed by atoms with Crippen LogP contribution in [-0.4, -0.2) is 46.1 Å². The smallest absolute Gasteiger partial charge is 0.0273 e. The normalized spacial score (nSPS) is 17.3. The van der Waals surface area contributed by atoms with Crippen LogP contribution >= 0.6 is 0 Å². The van der Waals surface area contributed by atoms with Crippen LogP contribution < -0.4 is 5.73 Å². The maximum Gasteiger partial charge on any atom is 0.0273 e. The molecule has 5 heteroatoms. The van der Waals surface area contributed by atoms with Gasteiger partial charge in [-0.3, -0.25) is 4.21 Å². The summed E-state index contributed by atoms with van der Waals surface area (Å²) in [4.78, 5) is 1.86. The standard InChI is InChI=1S/C5H14N2O2S/c1-7(2)3-5(6)4-10(8)9/h5H,3-4,6H2,1-2H3,(H,8,9)/p-1/t5-/m1/s1. The Morgan fingerprint density at radius 3 is 2.50 bits per heavy atom. The van der Waals surface area contributed by atoms with E-state index in [1.807, 2.05) is 19.0 Å². The third kappa shape index (κ3) is 6.15. The molecule has 0 aliphatic rings. The van der Waals surface area contributed by atoms with Crippen LogP contribution in [0.2, 0.25) is 0 Å². The summed E-state index contributed by atoms with van der Waals surface area (Å²) in [6.45, 7) is 0.605. The fourth-order valence-electron chi connectivity index (χ4n) is 0.697. The largest absolute Gasteiger partial charge is 0.772 e. The minimum atomic E-state index is -2.01. The van der Waals surface area contributed by atoms with Crippen molar-refractivity contribution in [2.24, 2.45) is 5.73 Å². The van der Waals surface area contributed by atoms with Crippen LogP contribution in [0.5, 0.6) is 0 Å². The van der Waals surface area contributed by atoms with E-state index in [-0.39, 0.29) is 11.8 Å². The lowest BCUT2D eigenvalue weighted by Crippen LogP contribution is -2.37. The zero-order valence-electron chi connectivity index (χ0n) is 6.24. The molecule has 62 valence electrons. The molecule has 0 rings (SSSR count). The van der Waals surface area contributed by atoms with E-state index in [1.54, 1.807) is 0 Å². The lowest BCUT2D eigenvalue weighted by molar-refractivity contribution is 0.381. The molecule has 0 bridgehead atoms. The van der Waals surface area contributed by atoms with E-state index in [2.05, 4.69) is 0 Å². The number of nitrogens with two attached hydrogens (primary N) is 1. The number of hydrogen-bond donors (Lipinski definition) is 1. The monoisotopic (exact) mass is 165 g/mol. The summed E-state index contributed by atoms with van der Waals surface area (Å²) in [6.07, 6.45) is 0. The van der Waals surface area contributed by atoms with E-state index < -0.39 is 11.1 Å². The maximum absolute atomic E-state index is 10.1. The molecule has 0 saturated heterocycles. The van der Waals surface area contributed by atoms with Crippen LogP contribution in [0.1, 0.15) is 0 Å². The predicted molar refractivity (Wildman–Crippen MR) is 40.3 cm³/mol. The van der Waals surface area contributed by atoms with Crippen molar-refractivity contribution >= 4 is 11.1 Å². The van der Waals surface area contributed by atoms with Crippen LogP contribution in [0, 0.1) is 0 Å². The molecular formula is C5H13N2O2S-. The molecule has 0 aliphatic carbocycles. The summed E-state index contributed by atoms with van der Waals surface area (Å²) in [5.41, 5.74) is 5.44. The summed E-state index contributed by atoms with van der Waals surface area (Å²) in [5, 5.41) is 0. The van der Waals surface area contributed by atoms with Gasteiger partial charge in [-0.15, -0.1) is 0 Å². The Morgan fingerprint density at radius 1 is 1.70 bits per heavy atom. The minimum absolute atomic E-state index is 0.0399. The van der Waals surface area contributed by atoms with E-state index in [1.165, 1.54) is 0 Å². The summed E-state index contributed by atoms with van der Waals surface area (Å²) < 4.78 is 20.2. The van der Waals surface area contributed by atoms with Crippen LogP contribution in [0.15, 0.2) is 0 Å². The topological polar surface area (TPSA) is 69.4 Å². The van der Waals surface area contributed by atoms with E-state index >= 15 is 0 Å². The van der Waals surface area contributed by atoms with Crippen LogP contribution in [0.3, 0.4) is 0 Å². The molecule has 0 aliphatic heterocycles. The molecule has 4 nitrogen and oxygen atoms in total. The quantitative estimate of drug-likeness (QED) is 0.529. The first-order valence-corrected chi connectivity index (χ1v) is 4.23. The molecular weight excluding hydrogens is 152 g/mol. The second-order valence-corrected chi connectivity index (χ2v) is 3.43. The fourth-order valence-corrected chi connectivity index (χ4v) is 1.15. The second kappa shape index (κ2) is 4.79. The van der Waals surface area contributed by atoms with Crippen molar-refractivity contribution in [3.63, 3.8) is 0 Å². The first-order valence-electron chi connectivity index (χ1n) is 2.98. The van der Waals surface area contributed by atoms with Gasteiger partial charge in [0.05, 0.1) is 0 Å². The molecule has 0 aromatic carbocycles. The van der Waals surface area contributed by atoms with E-state index in [0.29, 0.717) is 6.54 Å². The molecule has 1 unspecified atom stereocenters. The van der Waals surface area contributed by atoms with Crippen molar-refractivity contribution < 1.29 is 8.76 Å². The van der Waals surface area contributed by atoms with Crippen LogP contribution in [0.4, 0.5) is 0 Å². The highest BCUT2D eigenvalue weighted by molar-refractivity contribution is 7.79. The van der Waals surface area contributed by atoms with Gasteiger partial charge in [-0.1, -0.05) is 11.1 Å². The number of likely N-dealkylation sites (N-methyl/N-ethyl adjacent to an activating group) is 1. The van der Waals surface area contributed by atoms with Gasteiger partial charge in [0.2, 0.25) is 0 Å². The Morgan fingerprint density at radius 2 is 2.20 bits per heavy atom. The van der Waals surface area contributed by atoms with Crippen molar-refractivity contribution in [3.05, 3.63) is 0 Å². The summed E-state index contributed by atoms with van der Waals surface area (Å²) in [6, 6.07) is -0.270. The van der Waals surface area contributed by atoms with Gasteiger partial charge in [-0.05, 0) is 14.1 Å². The average molecular weight is 165 g/mol. The predicted octanol–water partition coefficient (Wildman–Crippen LogP) is -1.25. The van der Waals surface area contributed by atoms with Crippen molar-refractivity contribution in [1.29, 1.82) is 0 Å². The zero-order chi connectivity index (χ0) is 8.15. The average Bonchev–Trinajstić information content (AvgIpc) is 1.58. The highest BCUT2D eigenvalue weighted by atomic mass is 32.2. The number of hydrogen-bond acceptors (Lipinski definition) is 4. The van der Waals surface area contributed by atoms with Crippen molar-refractivity contribution in [2.45, 2.75) is 6.04 Å². The Labute approximate surface area is 63.7 Å². The zero-order valence-corrected chi connectivity index (χ0v) is 7.06. The van der Waals surface area contributed by atoms with Gasteiger partial charge in [0.25, 0.3) is 0 Å². The molecule has 0 spiro atoms. The van der Waals surface area contributed by atoms with Crippen molar-refractivity contribution in [2.75, 3.05) is 26.4 Å². The first-order chi connectivity index (χ1) is 4.52. The van der Waals surface area contributed by atoms with Gasteiger partial charge in [0.1, 0.15) is 0 Å². The highest BCUT2D eigenvalue weighted by Gasteiger charge is 2.02. The molecule has 0 aromatic rings. The van der Waals surface area contributed by atoms with Crippen LogP contribution in [-0.2, 0) is 11.1 Å². The van der Waals surface area contributed by atoms with Crippen molar-refractivity contribution in [1.82, 2.24) is 4.90 Å². The lowest BCUT2D eigenvalue weighted by atomic mass is 10.3.